The fraction of sp³-hybridized carbons (Fsp3) is 0.190. The van der Waals surface area contributed by atoms with Gasteiger partial charge < -0.3 is 5.32 Å². The molecule has 0 aliphatic carbocycles. The largest absolute Gasteiger partial charge is 0.326 e. The van der Waals surface area contributed by atoms with E-state index in [2.05, 4.69) is 24.7 Å². The van der Waals surface area contributed by atoms with Gasteiger partial charge in [0.1, 0.15) is 0 Å². The first kappa shape index (κ1) is 24.1. The van der Waals surface area contributed by atoms with Crippen LogP contribution in [0.2, 0.25) is 0 Å². The lowest BCUT2D eigenvalue weighted by molar-refractivity contribution is -0.114. The number of rotatable bonds is 7. The van der Waals surface area contributed by atoms with E-state index in [1.54, 1.807) is 39.0 Å². The van der Waals surface area contributed by atoms with E-state index in [1.807, 2.05) is 0 Å². The molecule has 3 rings (SSSR count). The number of sulfonamides is 2. The van der Waals surface area contributed by atoms with Gasteiger partial charge in [-0.1, -0.05) is 6.07 Å². The minimum atomic E-state index is -4.00. The zero-order chi connectivity index (χ0) is 24.4. The van der Waals surface area contributed by atoms with E-state index in [4.69, 9.17) is 0 Å². The molecule has 3 aromatic rings. The third kappa shape index (κ3) is 6.05. The molecular weight excluding hydrogens is 466 g/mol. The Morgan fingerprint density at radius 1 is 0.758 bits per heavy atom. The molecule has 10 nitrogen and oxygen atoms in total. The van der Waals surface area contributed by atoms with Gasteiger partial charge in [0.15, 0.2) is 0 Å². The van der Waals surface area contributed by atoms with E-state index in [-0.39, 0.29) is 27.3 Å². The van der Waals surface area contributed by atoms with Crippen molar-refractivity contribution in [3.05, 3.63) is 65.5 Å². The monoisotopic (exact) mass is 489 g/mol. The van der Waals surface area contributed by atoms with E-state index in [0.717, 1.165) is 0 Å². The predicted octanol–water partition coefficient (Wildman–Crippen LogP) is 2.96. The van der Waals surface area contributed by atoms with Gasteiger partial charge >= 0.3 is 0 Å². The van der Waals surface area contributed by atoms with Crippen molar-refractivity contribution in [2.75, 3.05) is 14.8 Å². The Morgan fingerprint density at radius 2 is 1.33 bits per heavy atom. The molecule has 174 valence electrons. The number of nitrogens with one attached hydrogen (secondary N) is 3. The molecular formula is C21H23N5O5S2. The van der Waals surface area contributed by atoms with E-state index >= 15 is 0 Å². The standard InChI is InChI=1S/C21H23N5O5S2/c1-13-5-6-18(24-16(4)27)12-20(13)33(30,31)25-17-7-9-19(10-8-17)32(28,29)26-21-22-14(2)11-15(3)23-21/h5-12,25H,1-4H3,(H,24,27)(H,22,23,26). The van der Waals surface area contributed by atoms with Crippen molar-refractivity contribution in [2.24, 2.45) is 0 Å². The Labute approximate surface area is 192 Å². The minimum absolute atomic E-state index is 0.0147. The average molecular weight is 490 g/mol. The first-order valence-electron chi connectivity index (χ1n) is 9.72. The highest BCUT2D eigenvalue weighted by Gasteiger charge is 2.20. The lowest BCUT2D eigenvalue weighted by Crippen LogP contribution is -2.17. The second-order valence-corrected chi connectivity index (χ2v) is 10.7. The summed E-state index contributed by atoms with van der Waals surface area (Å²) < 4.78 is 55.8. The van der Waals surface area contributed by atoms with Gasteiger partial charge in [0, 0.05) is 29.7 Å². The molecule has 1 heterocycles. The van der Waals surface area contributed by atoms with Crippen LogP contribution in [0.15, 0.2) is 58.3 Å². The molecule has 1 aromatic heterocycles. The highest BCUT2D eigenvalue weighted by Crippen LogP contribution is 2.24. The van der Waals surface area contributed by atoms with Gasteiger partial charge in [-0.25, -0.2) is 31.5 Å². The molecule has 0 fully saturated rings. The molecule has 0 atom stereocenters. The lowest BCUT2D eigenvalue weighted by atomic mass is 10.2. The van der Waals surface area contributed by atoms with Crippen LogP contribution in [0.4, 0.5) is 17.3 Å². The quantitative estimate of drug-likeness (QED) is 0.462. The van der Waals surface area contributed by atoms with Crippen LogP contribution < -0.4 is 14.8 Å². The Morgan fingerprint density at radius 3 is 1.91 bits per heavy atom. The van der Waals surface area contributed by atoms with Gasteiger partial charge in [-0.05, 0) is 68.8 Å². The zero-order valence-corrected chi connectivity index (χ0v) is 20.0. The molecule has 0 saturated carbocycles. The van der Waals surface area contributed by atoms with Crippen molar-refractivity contribution in [3.63, 3.8) is 0 Å². The summed E-state index contributed by atoms with van der Waals surface area (Å²) in [7, 11) is -7.97. The van der Waals surface area contributed by atoms with E-state index in [9.17, 15) is 21.6 Å². The maximum atomic E-state index is 12.9. The Hall–Kier alpha value is -3.51. The summed E-state index contributed by atoms with van der Waals surface area (Å²) in [5, 5.41) is 2.54. The highest BCUT2D eigenvalue weighted by molar-refractivity contribution is 7.93. The summed E-state index contributed by atoms with van der Waals surface area (Å²) >= 11 is 0. The molecule has 33 heavy (non-hydrogen) atoms. The Balaban J connectivity index is 1.82. The van der Waals surface area contributed by atoms with E-state index in [1.165, 1.54) is 37.3 Å². The van der Waals surface area contributed by atoms with Crippen molar-refractivity contribution in [1.29, 1.82) is 0 Å². The van der Waals surface area contributed by atoms with E-state index in [0.29, 0.717) is 22.6 Å². The van der Waals surface area contributed by atoms with Gasteiger partial charge in [0.25, 0.3) is 20.0 Å². The lowest BCUT2D eigenvalue weighted by Gasteiger charge is -2.13. The van der Waals surface area contributed by atoms with Crippen LogP contribution in [0, 0.1) is 20.8 Å². The van der Waals surface area contributed by atoms with Crippen LogP contribution in [0.3, 0.4) is 0 Å². The van der Waals surface area contributed by atoms with Gasteiger partial charge in [-0.2, -0.15) is 0 Å². The molecule has 2 aromatic carbocycles. The number of amides is 1. The molecule has 0 aliphatic heterocycles. The van der Waals surface area contributed by atoms with Crippen molar-refractivity contribution in [1.82, 2.24) is 9.97 Å². The maximum absolute atomic E-state index is 12.9. The summed E-state index contributed by atoms with van der Waals surface area (Å²) in [5.41, 5.74) is 2.22. The van der Waals surface area contributed by atoms with Crippen LogP contribution in [-0.2, 0) is 24.8 Å². The smallest absolute Gasteiger partial charge is 0.264 e. The van der Waals surface area contributed by atoms with Crippen LogP contribution in [0.5, 0.6) is 0 Å². The van der Waals surface area contributed by atoms with Crippen LogP contribution in [-0.4, -0.2) is 32.7 Å². The van der Waals surface area contributed by atoms with Crippen molar-refractivity contribution in [3.8, 4) is 0 Å². The summed E-state index contributed by atoms with van der Waals surface area (Å²) in [5.74, 6) is -0.376. The number of benzene rings is 2. The number of carbonyl (C=O) groups excluding carboxylic acids is 1. The summed E-state index contributed by atoms with van der Waals surface area (Å²) in [6.07, 6.45) is 0. The molecule has 0 saturated heterocycles. The van der Waals surface area contributed by atoms with Gasteiger partial charge in [-0.3, -0.25) is 9.52 Å². The van der Waals surface area contributed by atoms with Gasteiger partial charge in [0.05, 0.1) is 9.79 Å². The van der Waals surface area contributed by atoms with Crippen molar-refractivity contribution < 1.29 is 21.6 Å². The number of hydrogen-bond donors (Lipinski definition) is 3. The second kappa shape index (κ2) is 9.16. The fourth-order valence-electron chi connectivity index (χ4n) is 3.03. The number of hydrogen-bond acceptors (Lipinski definition) is 7. The summed E-state index contributed by atoms with van der Waals surface area (Å²) in [6, 6.07) is 11.5. The normalized spacial score (nSPS) is 11.6. The number of carbonyl (C=O) groups is 1. The van der Waals surface area contributed by atoms with E-state index < -0.39 is 20.0 Å². The number of aryl methyl sites for hydroxylation is 3. The Kier molecular flexibility index (Phi) is 6.70. The Bertz CT molecular complexity index is 1400. The maximum Gasteiger partial charge on any atom is 0.264 e. The molecule has 0 bridgehead atoms. The first-order valence-corrected chi connectivity index (χ1v) is 12.7. The first-order chi connectivity index (χ1) is 15.4. The predicted molar refractivity (Wildman–Crippen MR) is 125 cm³/mol. The average Bonchev–Trinajstić information content (AvgIpc) is 2.68. The number of aromatic nitrogens is 2. The molecule has 0 spiro atoms. The van der Waals surface area contributed by atoms with Crippen molar-refractivity contribution in [2.45, 2.75) is 37.5 Å². The highest BCUT2D eigenvalue weighted by atomic mass is 32.2. The molecule has 3 N–H and O–H groups in total. The van der Waals surface area contributed by atoms with Crippen LogP contribution in [0.25, 0.3) is 0 Å². The fourth-order valence-corrected chi connectivity index (χ4v) is 5.31. The van der Waals surface area contributed by atoms with Crippen LogP contribution >= 0.6 is 0 Å². The minimum Gasteiger partial charge on any atom is -0.326 e. The molecule has 0 aliphatic rings. The van der Waals surface area contributed by atoms with Crippen LogP contribution in [0.1, 0.15) is 23.9 Å². The zero-order valence-electron chi connectivity index (χ0n) is 18.4. The second-order valence-electron chi connectivity index (χ2n) is 7.37. The third-order valence-corrected chi connectivity index (χ3v) is 7.29. The molecule has 0 radical (unpaired) electrons. The summed E-state index contributed by atoms with van der Waals surface area (Å²) in [4.78, 5) is 19.3. The molecule has 12 heteroatoms. The summed E-state index contributed by atoms with van der Waals surface area (Å²) in [6.45, 7) is 6.40. The van der Waals surface area contributed by atoms with Gasteiger partial charge in [-0.15, -0.1) is 0 Å². The van der Waals surface area contributed by atoms with Crippen molar-refractivity contribution >= 4 is 43.3 Å². The topological polar surface area (TPSA) is 147 Å². The van der Waals surface area contributed by atoms with Gasteiger partial charge in [0.2, 0.25) is 11.9 Å². The third-order valence-electron chi connectivity index (χ3n) is 4.42. The number of anilines is 3. The molecule has 0 unspecified atom stereocenters. The number of nitrogens with zero attached hydrogens (tertiary/aromatic N) is 2. The SMILES string of the molecule is CC(=O)Nc1ccc(C)c(S(=O)(=O)Nc2ccc(S(=O)(=O)Nc3nc(C)cc(C)n3)cc2)c1. The molecule has 1 amide bonds.